The first kappa shape index (κ1) is 26.9. The maximum atomic E-state index is 13.0. The van der Waals surface area contributed by atoms with Crippen molar-refractivity contribution >= 4 is 33.8 Å². The van der Waals surface area contributed by atoms with Crippen molar-refractivity contribution in [1.29, 1.82) is 0 Å². The number of anilines is 2. The van der Waals surface area contributed by atoms with Gasteiger partial charge in [-0.2, -0.15) is 10.2 Å². The Balaban J connectivity index is 1.24. The molecule has 0 aromatic carbocycles. The molecule has 0 atom stereocenters. The second kappa shape index (κ2) is 10.6. The van der Waals surface area contributed by atoms with Gasteiger partial charge < -0.3 is 15.7 Å². The van der Waals surface area contributed by atoms with Crippen molar-refractivity contribution in [3.63, 3.8) is 0 Å². The number of nitrogens with zero attached hydrogens (tertiary/aromatic N) is 7. The lowest BCUT2D eigenvalue weighted by atomic mass is 10.0. The van der Waals surface area contributed by atoms with Crippen molar-refractivity contribution in [2.24, 2.45) is 7.05 Å². The molecule has 0 radical (unpaired) electrons. The highest BCUT2D eigenvalue weighted by molar-refractivity contribution is 6.01. The van der Waals surface area contributed by atoms with Gasteiger partial charge in [-0.05, 0) is 70.0 Å². The van der Waals surface area contributed by atoms with Crippen molar-refractivity contribution in [1.82, 2.24) is 39.6 Å². The summed E-state index contributed by atoms with van der Waals surface area (Å²) in [6.07, 6.45) is 9.42. The first-order valence-electron chi connectivity index (χ1n) is 13.9. The van der Waals surface area contributed by atoms with E-state index in [0.717, 1.165) is 46.3 Å². The van der Waals surface area contributed by atoms with Crippen LogP contribution in [0.2, 0.25) is 0 Å². The molecule has 0 saturated carbocycles. The Morgan fingerprint density at radius 1 is 1.15 bits per heavy atom. The summed E-state index contributed by atoms with van der Waals surface area (Å²) in [6, 6.07) is 7.65. The fourth-order valence-corrected chi connectivity index (χ4v) is 5.70. The van der Waals surface area contributed by atoms with Crippen LogP contribution in [0.3, 0.4) is 0 Å². The molecule has 1 aliphatic heterocycles. The van der Waals surface area contributed by atoms with E-state index < -0.39 is 0 Å². The molecule has 5 aromatic rings. The zero-order chi connectivity index (χ0) is 28.7. The van der Waals surface area contributed by atoms with Gasteiger partial charge in [0, 0.05) is 49.8 Å². The van der Waals surface area contributed by atoms with E-state index in [2.05, 4.69) is 50.5 Å². The molecule has 3 N–H and O–H groups in total. The molecule has 0 spiro atoms. The van der Waals surface area contributed by atoms with Crippen molar-refractivity contribution < 1.29 is 9.90 Å². The van der Waals surface area contributed by atoms with E-state index in [1.54, 1.807) is 18.6 Å². The van der Waals surface area contributed by atoms with Gasteiger partial charge in [0.25, 0.3) is 5.91 Å². The molecule has 212 valence electrons. The van der Waals surface area contributed by atoms with Gasteiger partial charge in [0.1, 0.15) is 0 Å². The summed E-state index contributed by atoms with van der Waals surface area (Å²) in [4.78, 5) is 24.1. The molecule has 11 heteroatoms. The van der Waals surface area contributed by atoms with Crippen LogP contribution in [0.1, 0.15) is 48.4 Å². The molecule has 11 nitrogen and oxygen atoms in total. The van der Waals surface area contributed by atoms with Crippen LogP contribution in [0.25, 0.3) is 27.5 Å². The molecular formula is C30H35N9O2. The summed E-state index contributed by atoms with van der Waals surface area (Å²) in [5.41, 5.74) is 6.48. The molecule has 6 heterocycles. The van der Waals surface area contributed by atoms with Crippen molar-refractivity contribution in [2.75, 3.05) is 25.0 Å². The molecule has 0 unspecified atom stereocenters. The van der Waals surface area contributed by atoms with Gasteiger partial charge in [-0.15, -0.1) is 0 Å². The Morgan fingerprint density at radius 2 is 2.00 bits per heavy atom. The average Bonchev–Trinajstić information content (AvgIpc) is 3.64. The number of pyridine rings is 2. The van der Waals surface area contributed by atoms with E-state index in [1.165, 1.54) is 12.8 Å². The number of carbonyl (C=O) groups excluding carboxylic acids is 1. The third kappa shape index (κ3) is 5.14. The molecule has 1 aliphatic rings. The lowest BCUT2D eigenvalue weighted by Gasteiger charge is -2.31. The Bertz CT molecular complexity index is 1750. The lowest BCUT2D eigenvalue weighted by molar-refractivity contribution is 0.0940. The number of aliphatic hydroxyl groups is 1. The standard InChI is InChI=1S/C30H35N9O2/c1-19-25(13-21(15-33-19)29(41)32-9-11-38-10-5-7-30(38,2)3)35-28-24-16-34-39-17-22(14-26(39)27(24)37(4)36-28)20-6-8-31-23(12-20)18-40/h6,8,12-17,40H,5,7,9-11,18H2,1-4H3,(H,32,41)(H,35,36). The van der Waals surface area contributed by atoms with Crippen LogP contribution in [0.15, 0.2) is 49.1 Å². The minimum absolute atomic E-state index is 0.117. The van der Waals surface area contributed by atoms with E-state index >= 15 is 0 Å². The SMILES string of the molecule is Cc1ncc(C(=O)NCCN2CCCC2(C)C)cc1Nc1nn(C)c2c1cnn1cc(-c3ccnc(CO)c3)cc21. The van der Waals surface area contributed by atoms with Crippen molar-refractivity contribution in [2.45, 2.75) is 45.8 Å². The molecule has 1 fully saturated rings. The largest absolute Gasteiger partial charge is 0.390 e. The minimum atomic E-state index is -0.145. The van der Waals surface area contributed by atoms with Crippen LogP contribution in [0, 0.1) is 6.92 Å². The molecule has 41 heavy (non-hydrogen) atoms. The zero-order valence-electron chi connectivity index (χ0n) is 23.8. The molecular weight excluding hydrogens is 518 g/mol. The topological polar surface area (TPSA) is 126 Å². The van der Waals surface area contributed by atoms with Gasteiger partial charge in [0.15, 0.2) is 5.82 Å². The third-order valence-electron chi connectivity index (χ3n) is 8.09. The molecule has 1 amide bonds. The van der Waals surface area contributed by atoms with Crippen LogP contribution < -0.4 is 10.6 Å². The summed E-state index contributed by atoms with van der Waals surface area (Å²) in [5, 5.41) is 26.2. The second-order valence-electron chi connectivity index (χ2n) is 11.3. The van der Waals surface area contributed by atoms with Crippen LogP contribution in [-0.2, 0) is 13.7 Å². The quantitative estimate of drug-likeness (QED) is 0.265. The van der Waals surface area contributed by atoms with Crippen LogP contribution >= 0.6 is 0 Å². The van der Waals surface area contributed by atoms with Gasteiger partial charge >= 0.3 is 0 Å². The monoisotopic (exact) mass is 553 g/mol. The number of hydrogen-bond acceptors (Lipinski definition) is 8. The first-order chi connectivity index (χ1) is 19.7. The van der Waals surface area contributed by atoms with Crippen molar-refractivity contribution in [3.8, 4) is 11.1 Å². The van der Waals surface area contributed by atoms with Gasteiger partial charge in [0.05, 0.1) is 51.9 Å². The number of nitrogens with one attached hydrogen (secondary N) is 2. The molecule has 6 rings (SSSR count). The summed E-state index contributed by atoms with van der Waals surface area (Å²) in [7, 11) is 1.90. The molecule has 0 bridgehead atoms. The van der Waals surface area contributed by atoms with Crippen LogP contribution in [-0.4, -0.2) is 70.4 Å². The number of likely N-dealkylation sites (tertiary alicyclic amines) is 1. The van der Waals surface area contributed by atoms with Gasteiger partial charge in [-0.3, -0.25) is 24.3 Å². The van der Waals surface area contributed by atoms with Crippen molar-refractivity contribution in [3.05, 3.63) is 66.0 Å². The van der Waals surface area contributed by atoms with Gasteiger partial charge in [0.2, 0.25) is 0 Å². The van der Waals surface area contributed by atoms with E-state index in [4.69, 9.17) is 5.10 Å². The lowest BCUT2D eigenvalue weighted by Crippen LogP contribution is -2.43. The Morgan fingerprint density at radius 3 is 2.78 bits per heavy atom. The van der Waals surface area contributed by atoms with E-state index in [-0.39, 0.29) is 18.1 Å². The maximum Gasteiger partial charge on any atom is 0.252 e. The second-order valence-corrected chi connectivity index (χ2v) is 11.3. The summed E-state index contributed by atoms with van der Waals surface area (Å²) in [5.74, 6) is 0.485. The average molecular weight is 554 g/mol. The normalized spacial score (nSPS) is 15.1. The zero-order valence-corrected chi connectivity index (χ0v) is 23.8. The number of aryl methyl sites for hydroxylation is 2. The first-order valence-corrected chi connectivity index (χ1v) is 13.9. The van der Waals surface area contributed by atoms with E-state index in [0.29, 0.717) is 29.3 Å². The minimum Gasteiger partial charge on any atom is -0.390 e. The summed E-state index contributed by atoms with van der Waals surface area (Å²) in [6.45, 7) is 8.79. The highest BCUT2D eigenvalue weighted by Crippen LogP contribution is 2.32. The van der Waals surface area contributed by atoms with Gasteiger partial charge in [-0.1, -0.05) is 0 Å². The number of aliphatic hydroxyl groups excluding tert-OH is 1. The molecule has 5 aromatic heterocycles. The highest BCUT2D eigenvalue weighted by Gasteiger charge is 2.31. The number of hydrogen-bond donors (Lipinski definition) is 3. The van der Waals surface area contributed by atoms with Gasteiger partial charge in [-0.25, -0.2) is 4.52 Å². The molecule has 0 aliphatic carbocycles. The Kier molecular flexibility index (Phi) is 6.92. The Hall–Kier alpha value is -4.35. The number of carbonyl (C=O) groups is 1. The third-order valence-corrected chi connectivity index (χ3v) is 8.09. The molecule has 1 saturated heterocycles. The highest BCUT2D eigenvalue weighted by atomic mass is 16.3. The van der Waals surface area contributed by atoms with E-state index in [1.807, 2.05) is 47.6 Å². The summed E-state index contributed by atoms with van der Waals surface area (Å²) < 4.78 is 3.65. The van der Waals surface area contributed by atoms with E-state index in [9.17, 15) is 9.90 Å². The number of aromatic nitrogens is 6. The number of rotatable bonds is 8. The number of fused-ring (bicyclic) bond motifs is 3. The smallest absolute Gasteiger partial charge is 0.252 e. The predicted octanol–water partition coefficient (Wildman–Crippen LogP) is 3.83. The maximum absolute atomic E-state index is 13.0. The fraction of sp³-hybridized carbons (Fsp3) is 0.367. The fourth-order valence-electron chi connectivity index (χ4n) is 5.70. The summed E-state index contributed by atoms with van der Waals surface area (Å²) >= 11 is 0. The predicted molar refractivity (Wildman–Crippen MR) is 158 cm³/mol. The Labute approximate surface area is 238 Å². The van der Waals surface area contributed by atoms with Crippen LogP contribution in [0.5, 0.6) is 0 Å². The number of amides is 1. The van der Waals surface area contributed by atoms with Crippen LogP contribution in [0.4, 0.5) is 11.5 Å².